The molecule has 2 heterocycles. The van der Waals surface area contributed by atoms with Crippen molar-refractivity contribution in [3.63, 3.8) is 0 Å². The van der Waals surface area contributed by atoms with Crippen LogP contribution in [0.3, 0.4) is 0 Å². The predicted octanol–water partition coefficient (Wildman–Crippen LogP) is 3.32. The molecule has 3 rings (SSSR count). The van der Waals surface area contributed by atoms with Crippen LogP contribution in [0, 0.1) is 13.8 Å². The maximum absolute atomic E-state index is 12.6. The molecule has 0 bridgehead atoms. The van der Waals surface area contributed by atoms with E-state index in [1.807, 2.05) is 38.3 Å². The SMILES string of the molecule is CC[C@H](CNC(=O)Cc1c(C)nc2nc(SC)nn2c1C)c1ccccc1. The fourth-order valence-corrected chi connectivity index (χ4v) is 3.55. The number of amides is 1. The van der Waals surface area contributed by atoms with Crippen molar-refractivity contribution in [1.82, 2.24) is 24.9 Å². The number of thioether (sulfide) groups is 1. The normalized spacial score (nSPS) is 12.3. The first-order valence-electron chi connectivity index (χ1n) is 9.12. The van der Waals surface area contributed by atoms with E-state index >= 15 is 0 Å². The second kappa shape index (κ2) is 8.52. The molecule has 0 spiro atoms. The van der Waals surface area contributed by atoms with Crippen molar-refractivity contribution in [1.29, 1.82) is 0 Å². The zero-order valence-electron chi connectivity index (χ0n) is 16.2. The summed E-state index contributed by atoms with van der Waals surface area (Å²) in [5.74, 6) is 0.896. The molecule has 7 heteroatoms. The smallest absolute Gasteiger partial charge is 0.253 e. The Kier molecular flexibility index (Phi) is 6.11. The van der Waals surface area contributed by atoms with Crippen LogP contribution in [-0.2, 0) is 11.2 Å². The van der Waals surface area contributed by atoms with Gasteiger partial charge in [0.15, 0.2) is 0 Å². The molecule has 1 atom stereocenters. The van der Waals surface area contributed by atoms with Crippen molar-refractivity contribution in [3.8, 4) is 0 Å². The third-order valence-corrected chi connectivity index (χ3v) is 5.40. The minimum atomic E-state index is 0.00179. The quantitative estimate of drug-likeness (QED) is 0.634. The summed E-state index contributed by atoms with van der Waals surface area (Å²) in [6.45, 7) is 6.65. The number of aromatic nitrogens is 4. The van der Waals surface area contributed by atoms with Gasteiger partial charge in [-0.15, -0.1) is 5.10 Å². The molecule has 2 aromatic heterocycles. The molecular weight excluding hydrogens is 358 g/mol. The zero-order chi connectivity index (χ0) is 19.4. The molecule has 3 aromatic rings. The summed E-state index contributed by atoms with van der Waals surface area (Å²) in [6.07, 6.45) is 3.20. The van der Waals surface area contributed by atoms with Gasteiger partial charge in [-0.3, -0.25) is 4.79 Å². The largest absolute Gasteiger partial charge is 0.355 e. The third kappa shape index (κ3) is 4.30. The second-order valence-corrected chi connectivity index (χ2v) is 7.34. The highest BCUT2D eigenvalue weighted by Gasteiger charge is 2.17. The number of fused-ring (bicyclic) bond motifs is 1. The zero-order valence-corrected chi connectivity index (χ0v) is 17.0. The van der Waals surface area contributed by atoms with E-state index in [1.165, 1.54) is 17.3 Å². The summed E-state index contributed by atoms with van der Waals surface area (Å²) in [6, 6.07) is 10.3. The molecule has 0 radical (unpaired) electrons. The first kappa shape index (κ1) is 19.4. The minimum Gasteiger partial charge on any atom is -0.355 e. The summed E-state index contributed by atoms with van der Waals surface area (Å²) >= 11 is 1.48. The molecule has 1 aromatic carbocycles. The van der Waals surface area contributed by atoms with Gasteiger partial charge in [0.05, 0.1) is 6.42 Å². The van der Waals surface area contributed by atoms with Gasteiger partial charge in [0.1, 0.15) is 0 Å². The van der Waals surface area contributed by atoms with Crippen LogP contribution < -0.4 is 5.32 Å². The van der Waals surface area contributed by atoms with Gasteiger partial charge in [-0.25, -0.2) is 9.50 Å². The Morgan fingerprint density at radius 1 is 1.22 bits per heavy atom. The summed E-state index contributed by atoms with van der Waals surface area (Å²) in [4.78, 5) is 21.5. The topological polar surface area (TPSA) is 72.2 Å². The van der Waals surface area contributed by atoms with Crippen LogP contribution in [0.5, 0.6) is 0 Å². The first-order valence-corrected chi connectivity index (χ1v) is 10.3. The van der Waals surface area contributed by atoms with Crippen molar-refractivity contribution in [3.05, 3.63) is 52.8 Å². The molecule has 0 saturated heterocycles. The van der Waals surface area contributed by atoms with Gasteiger partial charge in [0.25, 0.3) is 5.78 Å². The van der Waals surface area contributed by atoms with Gasteiger partial charge in [-0.05, 0) is 32.1 Å². The molecule has 142 valence electrons. The molecule has 0 aliphatic carbocycles. The average molecular weight is 384 g/mol. The number of rotatable bonds is 7. The summed E-state index contributed by atoms with van der Waals surface area (Å²) in [7, 11) is 0. The second-order valence-electron chi connectivity index (χ2n) is 6.57. The Bertz CT molecular complexity index is 938. The maximum Gasteiger partial charge on any atom is 0.253 e. The van der Waals surface area contributed by atoms with Crippen molar-refractivity contribution in [2.24, 2.45) is 0 Å². The molecule has 0 aliphatic heterocycles. The Balaban J connectivity index is 1.72. The highest BCUT2D eigenvalue weighted by molar-refractivity contribution is 7.98. The lowest BCUT2D eigenvalue weighted by atomic mass is 9.96. The van der Waals surface area contributed by atoms with Crippen LogP contribution in [0.4, 0.5) is 0 Å². The minimum absolute atomic E-state index is 0.00179. The third-order valence-electron chi connectivity index (χ3n) is 4.86. The van der Waals surface area contributed by atoms with E-state index in [0.29, 0.717) is 29.8 Å². The Labute approximate surface area is 163 Å². The van der Waals surface area contributed by atoms with Crippen molar-refractivity contribution < 1.29 is 4.79 Å². The Hall–Kier alpha value is -2.41. The number of nitrogens with zero attached hydrogens (tertiary/aromatic N) is 4. The standard InChI is InChI=1S/C20H25N5OS/c1-5-15(16-9-7-6-8-10-16)12-21-18(26)11-17-13(2)22-19-23-20(27-4)24-25(19)14(17)3/h6-10,15H,5,11-12H2,1-4H3,(H,21,26)/t15-/m1/s1. The van der Waals surface area contributed by atoms with Gasteiger partial charge in [0.2, 0.25) is 11.1 Å². The van der Waals surface area contributed by atoms with Crippen molar-refractivity contribution in [2.75, 3.05) is 12.8 Å². The number of hydrogen-bond acceptors (Lipinski definition) is 5. The average Bonchev–Trinajstić information content (AvgIpc) is 3.09. The van der Waals surface area contributed by atoms with E-state index in [-0.39, 0.29) is 5.91 Å². The van der Waals surface area contributed by atoms with Crippen LogP contribution in [0.15, 0.2) is 35.5 Å². The maximum atomic E-state index is 12.6. The van der Waals surface area contributed by atoms with Crippen molar-refractivity contribution in [2.45, 2.75) is 44.7 Å². The first-order chi connectivity index (χ1) is 13.0. The molecule has 27 heavy (non-hydrogen) atoms. The van der Waals surface area contributed by atoms with E-state index in [2.05, 4.69) is 39.4 Å². The molecule has 6 nitrogen and oxygen atoms in total. The van der Waals surface area contributed by atoms with E-state index in [1.54, 1.807) is 4.52 Å². The summed E-state index contributed by atoms with van der Waals surface area (Å²) in [5.41, 5.74) is 3.90. The van der Waals surface area contributed by atoms with Gasteiger partial charge >= 0.3 is 0 Å². The lowest BCUT2D eigenvalue weighted by molar-refractivity contribution is -0.120. The Morgan fingerprint density at radius 3 is 2.63 bits per heavy atom. The fourth-order valence-electron chi connectivity index (χ4n) is 3.22. The van der Waals surface area contributed by atoms with Gasteiger partial charge in [-0.1, -0.05) is 49.0 Å². The lowest BCUT2D eigenvalue weighted by Crippen LogP contribution is -2.30. The van der Waals surface area contributed by atoms with Crippen LogP contribution in [0.2, 0.25) is 0 Å². The van der Waals surface area contributed by atoms with Crippen LogP contribution >= 0.6 is 11.8 Å². The number of hydrogen-bond donors (Lipinski definition) is 1. The van der Waals surface area contributed by atoms with E-state index in [4.69, 9.17) is 0 Å². The summed E-state index contributed by atoms with van der Waals surface area (Å²) in [5, 5.41) is 8.21. The van der Waals surface area contributed by atoms with Gasteiger partial charge in [0, 0.05) is 29.4 Å². The summed E-state index contributed by atoms with van der Waals surface area (Å²) < 4.78 is 1.72. The molecule has 0 fully saturated rings. The monoisotopic (exact) mass is 383 g/mol. The number of carbonyl (C=O) groups is 1. The molecule has 0 unspecified atom stereocenters. The van der Waals surface area contributed by atoms with Crippen LogP contribution in [-0.4, -0.2) is 38.3 Å². The van der Waals surface area contributed by atoms with Crippen molar-refractivity contribution >= 4 is 23.4 Å². The molecule has 1 N–H and O–H groups in total. The predicted molar refractivity (Wildman–Crippen MR) is 108 cm³/mol. The molecule has 0 aliphatic rings. The number of aryl methyl sites for hydroxylation is 2. The molecular formula is C20H25N5OS. The molecule has 0 saturated carbocycles. The molecule has 1 amide bonds. The van der Waals surface area contributed by atoms with E-state index < -0.39 is 0 Å². The highest BCUT2D eigenvalue weighted by atomic mass is 32.2. The van der Waals surface area contributed by atoms with Gasteiger partial charge < -0.3 is 5.32 Å². The number of benzene rings is 1. The number of carbonyl (C=O) groups excluding carboxylic acids is 1. The van der Waals surface area contributed by atoms with Crippen LogP contribution in [0.25, 0.3) is 5.78 Å². The van der Waals surface area contributed by atoms with Gasteiger partial charge in [-0.2, -0.15) is 4.98 Å². The van der Waals surface area contributed by atoms with Crippen LogP contribution in [0.1, 0.15) is 41.8 Å². The Morgan fingerprint density at radius 2 is 1.96 bits per heavy atom. The number of nitrogens with one attached hydrogen (secondary N) is 1. The highest BCUT2D eigenvalue weighted by Crippen LogP contribution is 2.19. The lowest BCUT2D eigenvalue weighted by Gasteiger charge is -2.17. The fraction of sp³-hybridized carbons (Fsp3) is 0.400. The van der Waals surface area contributed by atoms with E-state index in [0.717, 1.165) is 23.4 Å². The van der Waals surface area contributed by atoms with E-state index in [9.17, 15) is 4.79 Å².